The number of nitrogens with zero attached hydrogens (tertiary/aromatic N) is 3. The molecule has 1 aliphatic heterocycles. The first-order valence-corrected chi connectivity index (χ1v) is 38.6. The standard InChI is InChI=1S/C76H81N3O9S7/c1-73(2,3)46-37-50-45-51(38-46)90-62-40-48(75(7,8)9)42-64(71(62)87-94(82,83)68-35-23-26-53-56(68)29-20-32-59(53)78(15)16)92-66-44-49(76(10,11)12)43-65(72(66)88-95(84,85)69-36-24-27-54-57(69)30-21-33-60(54)79(17)18)91-63-41-47(74(4,5)6)39-61(89-50)70(63)86-93(80,81)67-34-22-25-52-55(67)28-19-31-58(52)77(13)14/h19-45H,1-18H3. The second kappa shape index (κ2) is 25.5. The van der Waals surface area contributed by atoms with Crippen LogP contribution in [0, 0.1) is 0 Å². The first-order chi connectivity index (χ1) is 44.3. The molecule has 1 heterocycles. The van der Waals surface area contributed by atoms with Crippen molar-refractivity contribution in [1.29, 1.82) is 0 Å². The van der Waals surface area contributed by atoms with Gasteiger partial charge < -0.3 is 27.2 Å². The summed E-state index contributed by atoms with van der Waals surface area (Å²) in [6.45, 7) is 25.1. The van der Waals surface area contributed by atoms with Crippen LogP contribution in [0.3, 0.4) is 0 Å². The number of rotatable bonds is 12. The lowest BCUT2D eigenvalue weighted by Gasteiger charge is -2.27. The molecule has 0 fully saturated rings. The zero-order chi connectivity index (χ0) is 68.9. The van der Waals surface area contributed by atoms with Crippen molar-refractivity contribution in [3.05, 3.63) is 186 Å². The van der Waals surface area contributed by atoms with E-state index in [2.05, 4.69) is 95.2 Å². The lowest BCUT2D eigenvalue weighted by Crippen LogP contribution is -2.16. The molecule has 0 saturated heterocycles. The minimum atomic E-state index is -4.82. The predicted molar refractivity (Wildman–Crippen MR) is 395 cm³/mol. The van der Waals surface area contributed by atoms with Gasteiger partial charge in [0.25, 0.3) is 0 Å². The molecular formula is C76H81N3O9S7. The van der Waals surface area contributed by atoms with Gasteiger partial charge in [-0.05, 0) is 135 Å². The Labute approximate surface area is 578 Å². The summed E-state index contributed by atoms with van der Waals surface area (Å²) < 4.78 is 115. The third kappa shape index (κ3) is 14.3. The Morgan fingerprint density at radius 3 is 0.747 bits per heavy atom. The maximum absolute atomic E-state index is 15.9. The highest BCUT2D eigenvalue weighted by molar-refractivity contribution is 8.01. The summed E-state index contributed by atoms with van der Waals surface area (Å²) >= 11 is 4.95. The fourth-order valence-corrected chi connectivity index (χ4v) is 19.9. The lowest BCUT2D eigenvalue weighted by molar-refractivity contribution is 0.471. The summed E-state index contributed by atoms with van der Waals surface area (Å²) in [5, 5.41) is 3.49. The highest BCUT2D eigenvalue weighted by atomic mass is 32.2. The molecule has 8 bridgehead atoms. The van der Waals surface area contributed by atoms with Crippen LogP contribution in [0.2, 0.25) is 0 Å². The molecule has 0 aliphatic carbocycles. The molecule has 0 unspecified atom stereocenters. The molecule has 19 heteroatoms. The zero-order valence-electron chi connectivity index (χ0n) is 57.0. The van der Waals surface area contributed by atoms with Crippen molar-refractivity contribution in [3.8, 4) is 17.2 Å². The van der Waals surface area contributed by atoms with Gasteiger partial charge in [-0.1, -0.05) is 203 Å². The van der Waals surface area contributed by atoms with Gasteiger partial charge in [0.1, 0.15) is 14.7 Å². The fourth-order valence-electron chi connectivity index (χ4n) is 11.4. The lowest BCUT2D eigenvalue weighted by atomic mass is 9.87. The maximum atomic E-state index is 15.9. The largest absolute Gasteiger partial charge is 0.377 e. The number of benzene rings is 10. The van der Waals surface area contributed by atoms with E-state index in [-0.39, 0.29) is 31.9 Å². The van der Waals surface area contributed by atoms with Gasteiger partial charge >= 0.3 is 30.4 Å². The van der Waals surface area contributed by atoms with E-state index >= 15 is 25.3 Å². The van der Waals surface area contributed by atoms with Gasteiger partial charge in [-0.2, -0.15) is 25.3 Å². The Morgan fingerprint density at radius 1 is 0.284 bits per heavy atom. The summed E-state index contributed by atoms with van der Waals surface area (Å²) in [5.74, 6) is -0.0414. The summed E-state index contributed by atoms with van der Waals surface area (Å²) in [6.07, 6.45) is 0. The Balaban J connectivity index is 1.26. The minimum absolute atomic E-state index is 0.0257. The monoisotopic (exact) mass is 1400 g/mol. The van der Waals surface area contributed by atoms with Gasteiger partial charge in [0.2, 0.25) is 0 Å². The first-order valence-electron chi connectivity index (χ1n) is 31.1. The van der Waals surface area contributed by atoms with E-state index in [9.17, 15) is 0 Å². The summed E-state index contributed by atoms with van der Waals surface area (Å²) in [4.78, 5) is 9.37. The van der Waals surface area contributed by atoms with Crippen LogP contribution in [0.1, 0.15) is 105 Å². The first kappa shape index (κ1) is 69.4. The molecule has 1 aliphatic rings. The van der Waals surface area contributed by atoms with Gasteiger partial charge in [0.15, 0.2) is 17.2 Å². The second-order valence-corrected chi connectivity index (χ2v) is 37.6. The molecule has 10 aromatic rings. The van der Waals surface area contributed by atoms with Crippen LogP contribution in [0.5, 0.6) is 17.2 Å². The van der Waals surface area contributed by atoms with Crippen molar-refractivity contribution in [1.82, 2.24) is 0 Å². The van der Waals surface area contributed by atoms with E-state index in [1.54, 1.807) is 48.5 Å². The summed E-state index contributed by atoms with van der Waals surface area (Å²) in [5.41, 5.74) is 3.73. The number of fused-ring (bicyclic) bond motifs is 11. The zero-order valence-corrected chi connectivity index (χ0v) is 62.7. The van der Waals surface area contributed by atoms with Crippen LogP contribution in [0.4, 0.5) is 17.1 Å². The number of anilines is 3. The normalized spacial score (nSPS) is 13.5. The van der Waals surface area contributed by atoms with Crippen molar-refractivity contribution in [2.45, 2.75) is 159 Å². The highest BCUT2D eigenvalue weighted by Crippen LogP contribution is 2.56. The van der Waals surface area contributed by atoms with E-state index in [4.69, 9.17) is 12.5 Å². The third-order valence-corrected chi connectivity index (χ3v) is 24.6. The average molecular weight is 1400 g/mol. The molecule has 0 atom stereocenters. The molecule has 496 valence electrons. The molecule has 12 nitrogen and oxygen atoms in total. The van der Waals surface area contributed by atoms with Gasteiger partial charge in [-0.15, -0.1) is 0 Å². The molecule has 0 N–H and O–H groups in total. The highest BCUT2D eigenvalue weighted by Gasteiger charge is 2.35. The maximum Gasteiger partial charge on any atom is 0.339 e. The Hall–Kier alpha value is -6.97. The van der Waals surface area contributed by atoms with Gasteiger partial charge in [-0.25, -0.2) is 0 Å². The van der Waals surface area contributed by atoms with E-state index in [0.717, 1.165) is 72.6 Å². The minimum Gasteiger partial charge on any atom is -0.377 e. The summed E-state index contributed by atoms with van der Waals surface area (Å²) in [7, 11) is -2.79. The molecule has 0 saturated carbocycles. The number of hydrogen-bond acceptors (Lipinski definition) is 16. The van der Waals surface area contributed by atoms with Crippen LogP contribution in [-0.2, 0) is 52.0 Å². The van der Waals surface area contributed by atoms with Gasteiger partial charge in [-0.3, -0.25) is 0 Å². The molecule has 0 aromatic heterocycles. The topological polar surface area (TPSA) is 140 Å². The molecule has 95 heavy (non-hydrogen) atoms. The van der Waals surface area contributed by atoms with Crippen LogP contribution < -0.4 is 27.2 Å². The van der Waals surface area contributed by atoms with Gasteiger partial charge in [0.05, 0.1) is 29.4 Å². The second-order valence-electron chi connectivity index (χ2n) is 28.7. The van der Waals surface area contributed by atoms with Gasteiger partial charge in [0, 0.05) is 101 Å². The molecular weight excluding hydrogens is 1320 g/mol. The molecule has 0 spiro atoms. The van der Waals surface area contributed by atoms with Crippen molar-refractivity contribution < 1.29 is 37.8 Å². The average Bonchev–Trinajstić information content (AvgIpc) is 0.761. The molecule has 0 amide bonds. The van der Waals surface area contributed by atoms with Crippen molar-refractivity contribution in [3.63, 3.8) is 0 Å². The fraction of sp³-hybridized carbons (Fsp3) is 0.289. The van der Waals surface area contributed by atoms with Crippen LogP contribution >= 0.6 is 47.0 Å². The van der Waals surface area contributed by atoms with E-state index in [1.807, 2.05) is 154 Å². The SMILES string of the molecule is CN(C)c1cccc2c(S(=O)(=O)Oc3c4cc(C(C)(C)C)cc3Sc3cc(C(C)(C)C)cc(c3OS(=O)(=O)c3cccc5c(N(C)C)cccc35)Sc3cc(C(C)(C)C)cc(c3OS(=O)(=O)c3cccc5c(N(C)C)cccc35)Sc3cc(cc(C(C)(C)C)c3)S4)cccc12. The van der Waals surface area contributed by atoms with Crippen molar-refractivity contribution in [2.75, 3.05) is 57.0 Å². The van der Waals surface area contributed by atoms with Crippen molar-refractivity contribution >= 4 is 127 Å². The van der Waals surface area contributed by atoms with E-state index < -0.39 is 52.0 Å². The number of hydrogen-bond donors (Lipinski definition) is 0. The molecule has 0 radical (unpaired) electrons. The quantitative estimate of drug-likeness (QED) is 0.107. The Morgan fingerprint density at radius 2 is 0.505 bits per heavy atom. The Kier molecular flexibility index (Phi) is 18.6. The van der Waals surface area contributed by atoms with Crippen molar-refractivity contribution in [2.24, 2.45) is 0 Å². The van der Waals surface area contributed by atoms with E-state index in [0.29, 0.717) is 61.7 Å². The van der Waals surface area contributed by atoms with E-state index in [1.165, 1.54) is 29.6 Å². The smallest absolute Gasteiger partial charge is 0.339 e. The van der Waals surface area contributed by atoms with Crippen LogP contribution in [0.25, 0.3) is 32.3 Å². The molecule has 10 aromatic carbocycles. The Bertz CT molecular complexity index is 4840. The summed E-state index contributed by atoms with van der Waals surface area (Å²) in [6, 6.07) is 49.9. The van der Waals surface area contributed by atoms with Crippen LogP contribution in [0.15, 0.2) is 218 Å². The predicted octanol–water partition coefficient (Wildman–Crippen LogP) is 19.8. The molecule has 11 rings (SSSR count). The third-order valence-electron chi connectivity index (χ3n) is 16.7. The van der Waals surface area contributed by atoms with Crippen LogP contribution in [-0.4, -0.2) is 67.5 Å².